The molecule has 0 amide bonds. The van der Waals surface area contributed by atoms with Gasteiger partial charge in [-0.1, -0.05) is 17.7 Å². The molecule has 1 N–H and O–H groups in total. The molecular weight excluding hydrogens is 353 g/mol. The molecule has 2 rings (SSSR count). The van der Waals surface area contributed by atoms with Gasteiger partial charge in [-0.15, -0.1) is 11.3 Å². The van der Waals surface area contributed by atoms with E-state index in [1.54, 1.807) is 19.2 Å². The fourth-order valence-electron chi connectivity index (χ4n) is 1.91. The molecule has 1 heterocycles. The highest BCUT2D eigenvalue weighted by molar-refractivity contribution is 9.11. The number of halogens is 3. The van der Waals surface area contributed by atoms with Crippen molar-refractivity contribution in [1.29, 1.82) is 0 Å². The number of hydrogen-bond acceptors (Lipinski definition) is 3. The monoisotopic (exact) mass is 363 g/mol. The summed E-state index contributed by atoms with van der Waals surface area (Å²) in [6.07, 6.45) is 0. The van der Waals surface area contributed by atoms with Gasteiger partial charge in [0.1, 0.15) is 11.6 Å². The van der Waals surface area contributed by atoms with Crippen LogP contribution in [0.1, 0.15) is 16.5 Å². The third-order valence-corrected chi connectivity index (χ3v) is 5.30. The molecule has 0 bridgehead atoms. The van der Waals surface area contributed by atoms with Crippen LogP contribution in [0.3, 0.4) is 0 Å². The van der Waals surface area contributed by atoms with E-state index in [2.05, 4.69) is 21.2 Å². The lowest BCUT2D eigenvalue weighted by molar-refractivity contribution is 0.399. The van der Waals surface area contributed by atoms with Crippen LogP contribution in [0.15, 0.2) is 28.1 Å². The van der Waals surface area contributed by atoms with Gasteiger partial charge in [0.05, 0.1) is 27.5 Å². The fraction of sp³-hybridized carbons (Fsp3) is 0.231. The summed E-state index contributed by atoms with van der Waals surface area (Å²) < 4.78 is 20.2. The van der Waals surface area contributed by atoms with Crippen molar-refractivity contribution in [3.8, 4) is 5.75 Å². The Balaban J connectivity index is 2.53. The van der Waals surface area contributed by atoms with Crippen molar-refractivity contribution >= 4 is 38.9 Å². The van der Waals surface area contributed by atoms with Gasteiger partial charge in [0.15, 0.2) is 0 Å². The minimum Gasteiger partial charge on any atom is -0.496 e. The van der Waals surface area contributed by atoms with E-state index in [1.165, 1.54) is 24.5 Å². The maximum atomic E-state index is 14.1. The third-order valence-electron chi connectivity index (χ3n) is 2.76. The molecule has 2 aromatic rings. The van der Waals surface area contributed by atoms with Crippen LogP contribution in [0.25, 0.3) is 0 Å². The zero-order chi connectivity index (χ0) is 14.0. The van der Waals surface area contributed by atoms with Gasteiger partial charge in [-0.25, -0.2) is 4.39 Å². The maximum absolute atomic E-state index is 14.1. The second-order valence-corrected chi connectivity index (χ2v) is 6.66. The Hall–Kier alpha value is -0.620. The predicted octanol–water partition coefficient (Wildman–Crippen LogP) is 4.62. The molecule has 1 aromatic heterocycles. The summed E-state index contributed by atoms with van der Waals surface area (Å²) in [5, 5.41) is 3.72. The third kappa shape index (κ3) is 2.94. The number of hydrogen-bond donors (Lipinski definition) is 1. The zero-order valence-electron chi connectivity index (χ0n) is 10.3. The van der Waals surface area contributed by atoms with Crippen molar-refractivity contribution in [3.63, 3.8) is 0 Å². The van der Waals surface area contributed by atoms with Crippen molar-refractivity contribution in [1.82, 2.24) is 5.32 Å². The molecule has 0 saturated heterocycles. The number of benzene rings is 1. The molecule has 0 aliphatic carbocycles. The summed E-state index contributed by atoms with van der Waals surface area (Å²) in [4.78, 5) is 0.919. The number of ether oxygens (including phenoxy) is 1. The van der Waals surface area contributed by atoms with Crippen LogP contribution in [0, 0.1) is 5.82 Å². The summed E-state index contributed by atoms with van der Waals surface area (Å²) >= 11 is 10.9. The average Bonchev–Trinajstić information content (AvgIpc) is 2.72. The lowest BCUT2D eigenvalue weighted by Crippen LogP contribution is -2.18. The highest BCUT2D eigenvalue weighted by atomic mass is 79.9. The molecule has 1 atom stereocenters. The largest absolute Gasteiger partial charge is 0.496 e. The van der Waals surface area contributed by atoms with Gasteiger partial charge < -0.3 is 10.1 Å². The van der Waals surface area contributed by atoms with Crippen LogP contribution >= 0.6 is 38.9 Å². The molecule has 2 nitrogen and oxygen atoms in total. The first-order valence-corrected chi connectivity index (χ1v) is 7.51. The first kappa shape index (κ1) is 14.8. The van der Waals surface area contributed by atoms with E-state index < -0.39 is 0 Å². The second kappa shape index (κ2) is 6.22. The molecule has 0 spiro atoms. The van der Waals surface area contributed by atoms with Crippen LogP contribution in [0.5, 0.6) is 5.75 Å². The van der Waals surface area contributed by atoms with E-state index in [-0.39, 0.29) is 11.9 Å². The number of rotatable bonds is 4. The van der Waals surface area contributed by atoms with Crippen molar-refractivity contribution < 1.29 is 9.13 Å². The van der Waals surface area contributed by atoms with Crippen molar-refractivity contribution in [2.45, 2.75) is 6.04 Å². The van der Waals surface area contributed by atoms with Gasteiger partial charge in [0, 0.05) is 4.88 Å². The topological polar surface area (TPSA) is 21.3 Å². The highest BCUT2D eigenvalue weighted by Crippen LogP contribution is 2.40. The molecular formula is C13H12BrClFNOS. The molecule has 1 aromatic carbocycles. The van der Waals surface area contributed by atoms with E-state index in [0.717, 1.165) is 8.66 Å². The van der Waals surface area contributed by atoms with E-state index in [0.29, 0.717) is 16.3 Å². The molecule has 6 heteroatoms. The fourth-order valence-corrected chi connectivity index (χ4v) is 3.78. The highest BCUT2D eigenvalue weighted by Gasteiger charge is 2.23. The Morgan fingerprint density at radius 2 is 2.21 bits per heavy atom. The molecule has 0 aliphatic heterocycles. The first-order chi connectivity index (χ1) is 9.08. The summed E-state index contributed by atoms with van der Waals surface area (Å²) in [7, 11) is 3.31. The van der Waals surface area contributed by atoms with Crippen molar-refractivity contribution in [2.75, 3.05) is 14.2 Å². The van der Waals surface area contributed by atoms with Gasteiger partial charge in [-0.2, -0.15) is 0 Å². The summed E-state index contributed by atoms with van der Waals surface area (Å²) in [6.45, 7) is 0. The zero-order valence-corrected chi connectivity index (χ0v) is 13.5. The molecule has 102 valence electrons. The number of nitrogens with one attached hydrogen (secondary N) is 1. The van der Waals surface area contributed by atoms with E-state index >= 15 is 0 Å². The summed E-state index contributed by atoms with van der Waals surface area (Å²) in [6, 6.07) is 6.31. The average molecular weight is 365 g/mol. The Morgan fingerprint density at radius 3 is 2.74 bits per heavy atom. The summed E-state index contributed by atoms with van der Waals surface area (Å²) in [5.41, 5.74) is 0.484. The van der Waals surface area contributed by atoms with Crippen LogP contribution in [-0.4, -0.2) is 14.2 Å². The molecule has 0 fully saturated rings. The van der Waals surface area contributed by atoms with E-state index in [1.807, 2.05) is 6.07 Å². The normalized spacial score (nSPS) is 12.5. The van der Waals surface area contributed by atoms with Crippen LogP contribution in [0.2, 0.25) is 5.02 Å². The second-order valence-electron chi connectivity index (χ2n) is 3.85. The Bertz CT molecular complexity index is 571. The number of methoxy groups -OCH3 is 1. The molecule has 19 heavy (non-hydrogen) atoms. The van der Waals surface area contributed by atoms with Crippen molar-refractivity contribution in [2.24, 2.45) is 0 Å². The lowest BCUT2D eigenvalue weighted by Gasteiger charge is -2.18. The van der Waals surface area contributed by atoms with Gasteiger partial charge in [0.2, 0.25) is 0 Å². The minimum absolute atomic E-state index is 0.301. The molecule has 0 saturated carbocycles. The van der Waals surface area contributed by atoms with E-state index in [9.17, 15) is 4.39 Å². The quantitative estimate of drug-likeness (QED) is 0.854. The van der Waals surface area contributed by atoms with Gasteiger partial charge in [-0.05, 0) is 41.2 Å². The van der Waals surface area contributed by atoms with Crippen molar-refractivity contribution in [3.05, 3.63) is 49.3 Å². The predicted molar refractivity (Wildman–Crippen MR) is 80.9 cm³/mol. The van der Waals surface area contributed by atoms with Gasteiger partial charge in [0.25, 0.3) is 0 Å². The van der Waals surface area contributed by atoms with Gasteiger partial charge >= 0.3 is 0 Å². The van der Waals surface area contributed by atoms with Gasteiger partial charge in [-0.3, -0.25) is 0 Å². The Morgan fingerprint density at radius 1 is 1.47 bits per heavy atom. The molecule has 0 aliphatic rings. The first-order valence-electron chi connectivity index (χ1n) is 5.52. The maximum Gasteiger partial charge on any atom is 0.132 e. The van der Waals surface area contributed by atoms with Crippen LogP contribution < -0.4 is 10.1 Å². The van der Waals surface area contributed by atoms with Crippen LogP contribution in [-0.2, 0) is 0 Å². The summed E-state index contributed by atoms with van der Waals surface area (Å²) in [5.74, 6) is 0.208. The van der Waals surface area contributed by atoms with E-state index in [4.69, 9.17) is 16.3 Å². The Kier molecular flexibility index (Phi) is 4.84. The smallest absolute Gasteiger partial charge is 0.132 e. The number of thiophene rings is 1. The molecule has 0 radical (unpaired) electrons. The minimum atomic E-state index is -0.306. The standard InChI is InChI=1S/C13H12BrClFNOS/c1-17-12(10-6-7(15)13(14)19-10)11-8(16)4-3-5-9(11)18-2/h3-6,12,17H,1-2H3. The Labute approximate surface area is 128 Å². The van der Waals surface area contributed by atoms with Crippen LogP contribution in [0.4, 0.5) is 4.39 Å². The molecule has 1 unspecified atom stereocenters. The lowest BCUT2D eigenvalue weighted by atomic mass is 10.0. The SMILES string of the molecule is CNC(c1cc(Cl)c(Br)s1)c1c(F)cccc1OC.